The van der Waals surface area contributed by atoms with Crippen molar-refractivity contribution in [2.75, 3.05) is 6.54 Å². The summed E-state index contributed by atoms with van der Waals surface area (Å²) in [5, 5.41) is 10.4. The summed E-state index contributed by atoms with van der Waals surface area (Å²) in [7, 11) is 0. The Labute approximate surface area is 80.7 Å². The Kier molecular flexibility index (Phi) is 2.93. The molecule has 0 bridgehead atoms. The van der Waals surface area contributed by atoms with Crippen LogP contribution >= 0.6 is 0 Å². The molecule has 0 aromatic heterocycles. The van der Waals surface area contributed by atoms with Crippen molar-refractivity contribution in [2.45, 2.75) is 6.92 Å². The lowest BCUT2D eigenvalue weighted by Crippen LogP contribution is -2.14. The van der Waals surface area contributed by atoms with E-state index in [0.717, 1.165) is 0 Å². The first-order valence-electron chi connectivity index (χ1n) is 4.04. The van der Waals surface area contributed by atoms with E-state index < -0.39 is 4.92 Å². The van der Waals surface area contributed by atoms with Crippen molar-refractivity contribution in [3.63, 3.8) is 0 Å². The van der Waals surface area contributed by atoms with Crippen LogP contribution in [0.15, 0.2) is 18.2 Å². The molecule has 0 atom stereocenters. The summed E-state index contributed by atoms with van der Waals surface area (Å²) in [5.41, 5.74) is 6.11. The first kappa shape index (κ1) is 10.3. The molecule has 14 heavy (non-hydrogen) atoms. The Balaban J connectivity index is 3.21. The van der Waals surface area contributed by atoms with Crippen molar-refractivity contribution in [1.29, 1.82) is 0 Å². The maximum Gasteiger partial charge on any atom is 0.270 e. The summed E-state index contributed by atoms with van der Waals surface area (Å²) in [4.78, 5) is 21.2. The van der Waals surface area contributed by atoms with Gasteiger partial charge in [-0.3, -0.25) is 14.9 Å². The second kappa shape index (κ2) is 3.97. The molecule has 0 radical (unpaired) electrons. The molecule has 0 unspecified atom stereocenters. The largest absolute Gasteiger partial charge is 0.324 e. The molecule has 0 amide bonds. The van der Waals surface area contributed by atoms with Crippen LogP contribution in [-0.2, 0) is 0 Å². The minimum atomic E-state index is -0.535. The van der Waals surface area contributed by atoms with E-state index in [0.29, 0.717) is 11.1 Å². The van der Waals surface area contributed by atoms with Crippen molar-refractivity contribution in [3.05, 3.63) is 39.4 Å². The Hall–Kier alpha value is -1.75. The zero-order chi connectivity index (χ0) is 10.7. The van der Waals surface area contributed by atoms with Gasteiger partial charge in [0, 0.05) is 17.7 Å². The number of aryl methyl sites for hydroxylation is 1. The average molecular weight is 194 g/mol. The molecular formula is C9H10N2O3. The van der Waals surface area contributed by atoms with Gasteiger partial charge in [-0.1, -0.05) is 6.07 Å². The molecule has 0 saturated carbocycles. The van der Waals surface area contributed by atoms with Gasteiger partial charge in [0.25, 0.3) is 5.69 Å². The molecule has 1 rings (SSSR count). The monoisotopic (exact) mass is 194 g/mol. The highest BCUT2D eigenvalue weighted by molar-refractivity contribution is 5.99. The summed E-state index contributed by atoms with van der Waals surface area (Å²) in [6.45, 7) is 1.58. The number of carbonyl (C=O) groups is 1. The lowest BCUT2D eigenvalue weighted by atomic mass is 10.0. The molecule has 74 valence electrons. The first-order chi connectivity index (χ1) is 6.56. The van der Waals surface area contributed by atoms with E-state index in [2.05, 4.69) is 0 Å². The quantitative estimate of drug-likeness (QED) is 0.442. The van der Waals surface area contributed by atoms with Crippen molar-refractivity contribution in [2.24, 2.45) is 5.73 Å². The molecule has 1 aromatic rings. The number of nitro benzene ring substituents is 1. The van der Waals surface area contributed by atoms with Gasteiger partial charge in [0.05, 0.1) is 11.5 Å². The van der Waals surface area contributed by atoms with Crippen LogP contribution in [0, 0.1) is 17.0 Å². The molecule has 0 spiro atoms. The molecule has 0 heterocycles. The van der Waals surface area contributed by atoms with E-state index in [4.69, 9.17) is 5.73 Å². The molecule has 5 heteroatoms. The van der Waals surface area contributed by atoms with Gasteiger partial charge in [-0.05, 0) is 12.5 Å². The number of nitro groups is 1. The zero-order valence-electron chi connectivity index (χ0n) is 7.69. The SMILES string of the molecule is Cc1ccc([N+](=O)[O-])cc1C(=O)CN. The Morgan fingerprint density at radius 3 is 2.71 bits per heavy atom. The molecule has 0 saturated heterocycles. The number of hydrogen-bond acceptors (Lipinski definition) is 4. The van der Waals surface area contributed by atoms with Gasteiger partial charge in [-0.25, -0.2) is 0 Å². The van der Waals surface area contributed by atoms with Crippen LogP contribution in [0.3, 0.4) is 0 Å². The maximum atomic E-state index is 11.3. The Morgan fingerprint density at radius 2 is 2.21 bits per heavy atom. The second-order valence-electron chi connectivity index (χ2n) is 2.88. The van der Waals surface area contributed by atoms with Crippen LogP contribution < -0.4 is 5.73 Å². The minimum Gasteiger partial charge on any atom is -0.324 e. The van der Waals surface area contributed by atoms with Gasteiger partial charge < -0.3 is 5.73 Å². The number of rotatable bonds is 3. The number of benzene rings is 1. The maximum absolute atomic E-state index is 11.3. The summed E-state index contributed by atoms with van der Waals surface area (Å²) in [6, 6.07) is 4.16. The van der Waals surface area contributed by atoms with E-state index in [1.807, 2.05) is 0 Å². The minimum absolute atomic E-state index is 0.0904. The summed E-state index contributed by atoms with van der Waals surface area (Å²) in [6.07, 6.45) is 0. The standard InChI is InChI=1S/C9H10N2O3/c1-6-2-3-7(11(13)14)4-8(6)9(12)5-10/h2-4H,5,10H2,1H3. The molecule has 5 nitrogen and oxygen atoms in total. The molecule has 2 N–H and O–H groups in total. The van der Waals surface area contributed by atoms with Crippen molar-refractivity contribution >= 4 is 11.5 Å². The molecule has 1 aromatic carbocycles. The second-order valence-corrected chi connectivity index (χ2v) is 2.88. The number of non-ortho nitro benzene ring substituents is 1. The predicted molar refractivity (Wildman–Crippen MR) is 51.2 cm³/mol. The highest BCUT2D eigenvalue weighted by atomic mass is 16.6. The number of hydrogen-bond donors (Lipinski definition) is 1. The fourth-order valence-corrected chi connectivity index (χ4v) is 1.13. The fraction of sp³-hybridized carbons (Fsp3) is 0.222. The smallest absolute Gasteiger partial charge is 0.270 e. The third kappa shape index (κ3) is 1.94. The van der Waals surface area contributed by atoms with E-state index in [9.17, 15) is 14.9 Å². The van der Waals surface area contributed by atoms with Gasteiger partial charge >= 0.3 is 0 Å². The highest BCUT2D eigenvalue weighted by Gasteiger charge is 2.12. The third-order valence-corrected chi connectivity index (χ3v) is 1.92. The van der Waals surface area contributed by atoms with E-state index in [-0.39, 0.29) is 18.0 Å². The lowest BCUT2D eigenvalue weighted by Gasteiger charge is -2.02. The fourth-order valence-electron chi connectivity index (χ4n) is 1.13. The topological polar surface area (TPSA) is 86.2 Å². The van der Waals surface area contributed by atoms with Crippen molar-refractivity contribution < 1.29 is 9.72 Å². The highest BCUT2D eigenvalue weighted by Crippen LogP contribution is 2.17. The zero-order valence-corrected chi connectivity index (χ0v) is 7.69. The van der Waals surface area contributed by atoms with Gasteiger partial charge in [0.2, 0.25) is 0 Å². The van der Waals surface area contributed by atoms with Gasteiger partial charge in [0.1, 0.15) is 0 Å². The number of carbonyl (C=O) groups excluding carboxylic acids is 1. The molecule has 0 aliphatic carbocycles. The van der Waals surface area contributed by atoms with Crippen LogP contribution in [0.5, 0.6) is 0 Å². The van der Waals surface area contributed by atoms with E-state index in [1.54, 1.807) is 13.0 Å². The lowest BCUT2D eigenvalue weighted by molar-refractivity contribution is -0.384. The summed E-state index contributed by atoms with van der Waals surface area (Å²) >= 11 is 0. The predicted octanol–water partition coefficient (Wildman–Crippen LogP) is 1.04. The number of ketones is 1. The first-order valence-corrected chi connectivity index (χ1v) is 4.04. The number of nitrogens with two attached hydrogens (primary N) is 1. The van der Waals surface area contributed by atoms with Crippen LogP contribution in [0.4, 0.5) is 5.69 Å². The molecule has 0 aliphatic heterocycles. The summed E-state index contributed by atoms with van der Waals surface area (Å²) < 4.78 is 0. The average Bonchev–Trinajstić information content (AvgIpc) is 2.17. The van der Waals surface area contributed by atoms with Gasteiger partial charge in [-0.2, -0.15) is 0 Å². The van der Waals surface area contributed by atoms with Crippen LogP contribution in [0.2, 0.25) is 0 Å². The van der Waals surface area contributed by atoms with Crippen LogP contribution in [0.25, 0.3) is 0 Å². The molecular weight excluding hydrogens is 184 g/mol. The van der Waals surface area contributed by atoms with Crippen LogP contribution in [0.1, 0.15) is 15.9 Å². The Bertz CT molecular complexity index is 388. The number of nitrogens with zero attached hydrogens (tertiary/aromatic N) is 1. The van der Waals surface area contributed by atoms with Gasteiger partial charge in [0.15, 0.2) is 5.78 Å². The summed E-state index contributed by atoms with van der Waals surface area (Å²) in [5.74, 6) is -0.286. The number of Topliss-reactive ketones (excluding diaryl/α,β-unsaturated/α-hetero) is 1. The van der Waals surface area contributed by atoms with Crippen molar-refractivity contribution in [1.82, 2.24) is 0 Å². The molecule has 0 fully saturated rings. The van der Waals surface area contributed by atoms with E-state index in [1.165, 1.54) is 12.1 Å². The van der Waals surface area contributed by atoms with Crippen molar-refractivity contribution in [3.8, 4) is 0 Å². The van der Waals surface area contributed by atoms with Gasteiger partial charge in [-0.15, -0.1) is 0 Å². The van der Waals surface area contributed by atoms with E-state index >= 15 is 0 Å². The molecule has 0 aliphatic rings. The normalized spacial score (nSPS) is 9.86. The van der Waals surface area contributed by atoms with Crippen LogP contribution in [-0.4, -0.2) is 17.3 Å². The Morgan fingerprint density at radius 1 is 1.57 bits per heavy atom. The third-order valence-electron chi connectivity index (χ3n) is 1.92.